The van der Waals surface area contributed by atoms with E-state index in [1.165, 1.54) is 0 Å². The van der Waals surface area contributed by atoms with Crippen LogP contribution in [0.15, 0.2) is 0 Å². The number of rotatable bonds is 0. The quantitative estimate of drug-likeness (QED) is 0.422. The van der Waals surface area contributed by atoms with Gasteiger partial charge in [0.25, 0.3) is 0 Å². The molecular weight excluding hydrogens is 115 g/mol. The minimum atomic E-state index is -1.19. The van der Waals surface area contributed by atoms with Gasteiger partial charge in [-0.15, -0.1) is 0 Å². The summed E-state index contributed by atoms with van der Waals surface area (Å²) in [7, 11) is 0. The third kappa shape index (κ3) is 0.386. The summed E-state index contributed by atoms with van der Waals surface area (Å²) in [6.45, 7) is 0. The summed E-state index contributed by atoms with van der Waals surface area (Å²) in [4.78, 5) is 0. The Bertz CT molecular complexity index is 44.0. The predicted octanol–water partition coefficient (Wildman–Crippen LogP) is 0.422. The van der Waals surface area contributed by atoms with Crippen molar-refractivity contribution >= 4 is 14.6 Å². The van der Waals surface area contributed by atoms with Crippen LogP contribution >= 0.6 is 0 Å². The van der Waals surface area contributed by atoms with Gasteiger partial charge in [0.1, 0.15) is 0 Å². The summed E-state index contributed by atoms with van der Waals surface area (Å²) in [5.74, 6) is 0. The van der Waals surface area contributed by atoms with Crippen molar-refractivity contribution in [1.29, 1.82) is 0 Å². The molecule has 0 aromatic carbocycles. The monoisotopic (exact) mass is 119 g/mol. The average Bonchev–Trinajstić information content (AvgIpc) is 1.75. The first-order chi connectivity index (χ1) is 1.89. The summed E-state index contributed by atoms with van der Waals surface area (Å²) in [6, 6.07) is 0. The molecule has 1 radical (unpaired) electrons. The second-order valence-electron chi connectivity index (χ2n) is 0.929. The van der Waals surface area contributed by atoms with E-state index in [-0.39, 0.29) is 0 Å². The van der Waals surface area contributed by atoms with Crippen molar-refractivity contribution in [2.45, 2.75) is 10.4 Å². The molecule has 1 nitrogen and oxygen atoms in total. The molecule has 0 saturated carbocycles. The Morgan fingerprint density at radius 2 is 1.75 bits per heavy atom. The van der Waals surface area contributed by atoms with Gasteiger partial charge < -0.3 is 0 Å². The van der Waals surface area contributed by atoms with E-state index in [2.05, 4.69) is 0 Å². The Morgan fingerprint density at radius 3 is 1.75 bits per heavy atom. The SMILES string of the molecule is O=[As]1CC1. The van der Waals surface area contributed by atoms with Gasteiger partial charge >= 0.3 is 28.7 Å². The summed E-state index contributed by atoms with van der Waals surface area (Å²) < 4.78 is 9.78. The van der Waals surface area contributed by atoms with E-state index >= 15 is 0 Å². The Labute approximate surface area is 29.5 Å². The normalized spacial score (nSPS) is 21.5. The molecule has 0 atom stereocenters. The average molecular weight is 119 g/mol. The molecule has 0 aromatic heterocycles. The molecule has 1 fully saturated rings. The van der Waals surface area contributed by atoms with Crippen molar-refractivity contribution in [2.75, 3.05) is 0 Å². The molecule has 0 amide bonds. The summed E-state index contributed by atoms with van der Waals surface area (Å²) in [5, 5.41) is 2.15. The molecule has 1 rings (SSSR count). The Kier molecular flexibility index (Phi) is 0.421. The van der Waals surface area contributed by atoms with Crippen molar-refractivity contribution in [2.24, 2.45) is 0 Å². The molecule has 0 bridgehead atoms. The standard InChI is InChI=1S/C2H4AsO/c4-3-1-2-3/h1-2H2. The van der Waals surface area contributed by atoms with Gasteiger partial charge in [-0.05, 0) is 0 Å². The zero-order valence-corrected chi connectivity index (χ0v) is 4.15. The van der Waals surface area contributed by atoms with Gasteiger partial charge in [-0.3, -0.25) is 0 Å². The van der Waals surface area contributed by atoms with Crippen LogP contribution < -0.4 is 0 Å². The van der Waals surface area contributed by atoms with Gasteiger partial charge in [0, 0.05) is 0 Å². The molecule has 0 spiro atoms. The number of hydrogen-bond acceptors (Lipinski definition) is 1. The van der Waals surface area contributed by atoms with E-state index in [1.807, 2.05) is 0 Å². The zero-order valence-electron chi connectivity index (χ0n) is 2.27. The molecule has 0 aromatic rings. The fourth-order valence-corrected chi connectivity index (χ4v) is 1.10. The molecule has 0 N–H and O–H groups in total. The molecule has 2 heteroatoms. The molecule has 1 aliphatic rings. The molecule has 23 valence electrons. The minimum absolute atomic E-state index is 1.08. The van der Waals surface area contributed by atoms with Gasteiger partial charge in [-0.2, -0.15) is 0 Å². The van der Waals surface area contributed by atoms with E-state index in [1.54, 1.807) is 0 Å². The van der Waals surface area contributed by atoms with Crippen LogP contribution in [0.25, 0.3) is 0 Å². The first kappa shape index (κ1) is 2.59. The second-order valence-corrected chi connectivity index (χ2v) is 4.83. The van der Waals surface area contributed by atoms with Gasteiger partial charge in [0.2, 0.25) is 0 Å². The van der Waals surface area contributed by atoms with Crippen molar-refractivity contribution in [3.8, 4) is 0 Å². The van der Waals surface area contributed by atoms with Gasteiger partial charge in [-0.1, -0.05) is 0 Å². The van der Waals surface area contributed by atoms with Crippen LogP contribution in [0.2, 0.25) is 10.4 Å². The van der Waals surface area contributed by atoms with Crippen molar-refractivity contribution in [1.82, 2.24) is 0 Å². The molecule has 1 aliphatic heterocycles. The number of hydrogen-bond donors (Lipinski definition) is 0. The molecule has 1 saturated heterocycles. The predicted molar refractivity (Wildman–Crippen MR) is 16.1 cm³/mol. The summed E-state index contributed by atoms with van der Waals surface area (Å²) in [6.07, 6.45) is 0. The molecule has 4 heavy (non-hydrogen) atoms. The fourth-order valence-electron chi connectivity index (χ4n) is 0.0408. The summed E-state index contributed by atoms with van der Waals surface area (Å²) in [5.41, 5.74) is 0. The van der Waals surface area contributed by atoms with E-state index in [0.29, 0.717) is 0 Å². The van der Waals surface area contributed by atoms with Crippen molar-refractivity contribution in [3.05, 3.63) is 0 Å². The molecular formula is C2H4AsO. The van der Waals surface area contributed by atoms with Crippen LogP contribution in [0.3, 0.4) is 0 Å². The maximum atomic E-state index is 9.78. The zero-order chi connectivity index (χ0) is 2.99. The molecule has 0 aliphatic carbocycles. The third-order valence-electron chi connectivity index (χ3n) is 0.406. The van der Waals surface area contributed by atoms with Gasteiger partial charge in [-0.25, -0.2) is 0 Å². The van der Waals surface area contributed by atoms with Crippen LogP contribution in [0.5, 0.6) is 0 Å². The third-order valence-corrected chi connectivity index (χ3v) is 2.11. The fraction of sp³-hybridized carbons (Fsp3) is 1.00. The molecule has 0 unspecified atom stereocenters. The first-order valence-corrected chi connectivity index (χ1v) is 4.74. The van der Waals surface area contributed by atoms with Gasteiger partial charge in [0.05, 0.1) is 0 Å². The maximum absolute atomic E-state index is 9.78. The Balaban J connectivity index is 2.60. The topological polar surface area (TPSA) is 17.1 Å². The van der Waals surface area contributed by atoms with Crippen LogP contribution in [0, 0.1) is 0 Å². The van der Waals surface area contributed by atoms with E-state index < -0.39 is 14.6 Å². The van der Waals surface area contributed by atoms with Crippen LogP contribution in [-0.2, 0) is 3.74 Å². The van der Waals surface area contributed by atoms with Crippen molar-refractivity contribution < 1.29 is 3.74 Å². The second kappa shape index (κ2) is 0.651. The van der Waals surface area contributed by atoms with E-state index in [9.17, 15) is 3.74 Å². The Morgan fingerprint density at radius 1 is 1.50 bits per heavy atom. The molecule has 1 heterocycles. The van der Waals surface area contributed by atoms with E-state index in [0.717, 1.165) is 10.4 Å². The Hall–Kier alpha value is 0.358. The summed E-state index contributed by atoms with van der Waals surface area (Å²) >= 11 is -1.19. The van der Waals surface area contributed by atoms with Gasteiger partial charge in [0.15, 0.2) is 0 Å². The van der Waals surface area contributed by atoms with Crippen LogP contribution in [0.4, 0.5) is 0 Å². The van der Waals surface area contributed by atoms with Crippen LogP contribution in [0.1, 0.15) is 0 Å². The van der Waals surface area contributed by atoms with E-state index in [4.69, 9.17) is 0 Å². The van der Waals surface area contributed by atoms with Crippen molar-refractivity contribution in [3.63, 3.8) is 0 Å². The first-order valence-electron chi connectivity index (χ1n) is 1.32. The van der Waals surface area contributed by atoms with Crippen LogP contribution in [-0.4, -0.2) is 14.6 Å².